The lowest BCUT2D eigenvalue weighted by atomic mass is 9.72. The van der Waals surface area contributed by atoms with E-state index in [1.54, 1.807) is 0 Å². The minimum absolute atomic E-state index is 0.222. The van der Waals surface area contributed by atoms with Crippen molar-refractivity contribution in [1.29, 1.82) is 0 Å². The van der Waals surface area contributed by atoms with Crippen molar-refractivity contribution in [1.82, 2.24) is 9.13 Å². The van der Waals surface area contributed by atoms with Crippen molar-refractivity contribution in [3.63, 3.8) is 0 Å². The maximum Gasteiger partial charge on any atom is 0.294 e. The van der Waals surface area contributed by atoms with Crippen LogP contribution in [-0.2, 0) is 6.54 Å². The topological polar surface area (TPSA) is 30.8 Å². The van der Waals surface area contributed by atoms with E-state index in [-0.39, 0.29) is 12.0 Å². The normalized spacial score (nSPS) is 16.0. The van der Waals surface area contributed by atoms with E-state index in [4.69, 9.17) is 4.42 Å². The van der Waals surface area contributed by atoms with E-state index < -0.39 is 0 Å². The van der Waals surface area contributed by atoms with Gasteiger partial charge in [-0.3, -0.25) is 0 Å². The maximum atomic E-state index is 6.77. The lowest BCUT2D eigenvalue weighted by molar-refractivity contribution is -0.725. The van der Waals surface area contributed by atoms with Gasteiger partial charge in [0.15, 0.2) is 0 Å². The molecule has 2 atom stereocenters. The van der Waals surface area contributed by atoms with Crippen molar-refractivity contribution in [2.75, 3.05) is 0 Å². The summed E-state index contributed by atoms with van der Waals surface area (Å²) < 4.78 is 16.8. The SMILES string of the molecule is Cc1ccccc1-c1n(-c2c(C(C)C)cc3c(oc4ccccc43)c2C(C)C)cc[n+]1CC1=CC2c3ccccc3-c3n(-c4c(C(C)C)cccc4C(C)C)cc[n+]3C12. The molecule has 296 valence electrons. The number of aryl methyl sites for hydroxylation is 1. The van der Waals surface area contributed by atoms with Crippen LogP contribution in [-0.4, -0.2) is 9.13 Å². The third kappa shape index (κ3) is 5.72. The Balaban J connectivity index is 1.16. The number of furan rings is 1. The first-order valence-corrected chi connectivity index (χ1v) is 21.7. The highest BCUT2D eigenvalue weighted by molar-refractivity contribution is 6.07. The number of hydrogen-bond donors (Lipinski definition) is 0. The van der Waals surface area contributed by atoms with Crippen LogP contribution >= 0.6 is 0 Å². The molecule has 2 unspecified atom stereocenters. The quantitative estimate of drug-likeness (QED) is 0.106. The predicted molar refractivity (Wildman–Crippen MR) is 241 cm³/mol. The molecule has 0 bridgehead atoms. The van der Waals surface area contributed by atoms with Crippen LogP contribution in [0.5, 0.6) is 0 Å². The summed E-state index contributed by atoms with van der Waals surface area (Å²) in [5, 5.41) is 2.38. The molecule has 0 radical (unpaired) electrons. The number of nitrogens with zero attached hydrogens (tertiary/aromatic N) is 4. The molecule has 2 aliphatic rings. The van der Waals surface area contributed by atoms with Crippen molar-refractivity contribution in [3.8, 4) is 34.2 Å². The molecular formula is C54H56N4O+2. The van der Waals surface area contributed by atoms with Gasteiger partial charge in [0.1, 0.15) is 59.9 Å². The first-order valence-electron chi connectivity index (χ1n) is 21.7. The fourth-order valence-corrected chi connectivity index (χ4v) is 10.3. The molecule has 59 heavy (non-hydrogen) atoms. The maximum absolute atomic E-state index is 6.77. The number of rotatable bonds is 9. The molecule has 0 saturated heterocycles. The summed E-state index contributed by atoms with van der Waals surface area (Å²) in [5.41, 5.74) is 16.6. The number of allylic oxidation sites excluding steroid dienone is 2. The largest absolute Gasteiger partial charge is 0.456 e. The number of benzene rings is 5. The zero-order valence-corrected chi connectivity index (χ0v) is 36.0. The fourth-order valence-electron chi connectivity index (χ4n) is 10.3. The molecule has 0 N–H and O–H groups in total. The van der Waals surface area contributed by atoms with Crippen LogP contribution in [0, 0.1) is 6.92 Å². The number of aromatic nitrogens is 4. The number of para-hydroxylation sites is 2. The molecule has 0 amide bonds. The molecule has 5 aromatic carbocycles. The van der Waals surface area contributed by atoms with E-state index in [0.29, 0.717) is 23.7 Å². The van der Waals surface area contributed by atoms with Gasteiger partial charge in [-0.25, -0.2) is 9.13 Å². The highest BCUT2D eigenvalue weighted by atomic mass is 16.3. The molecule has 5 nitrogen and oxygen atoms in total. The minimum Gasteiger partial charge on any atom is -0.456 e. The van der Waals surface area contributed by atoms with E-state index in [9.17, 15) is 0 Å². The van der Waals surface area contributed by atoms with Gasteiger partial charge in [-0.15, -0.1) is 0 Å². The molecule has 5 heteroatoms. The highest BCUT2D eigenvalue weighted by Gasteiger charge is 2.48. The minimum atomic E-state index is 0.222. The van der Waals surface area contributed by atoms with Crippen LogP contribution in [0.3, 0.4) is 0 Å². The van der Waals surface area contributed by atoms with Crippen molar-refractivity contribution in [3.05, 3.63) is 167 Å². The smallest absolute Gasteiger partial charge is 0.294 e. The summed E-state index contributed by atoms with van der Waals surface area (Å²) >= 11 is 0. The molecule has 3 aromatic heterocycles. The van der Waals surface area contributed by atoms with Crippen molar-refractivity contribution < 1.29 is 13.6 Å². The Hall–Kier alpha value is -5.94. The first kappa shape index (κ1) is 37.3. The van der Waals surface area contributed by atoms with Gasteiger partial charge in [0, 0.05) is 44.5 Å². The van der Waals surface area contributed by atoms with Crippen LogP contribution in [0.15, 0.2) is 138 Å². The van der Waals surface area contributed by atoms with Crippen LogP contribution in [0.4, 0.5) is 0 Å². The lowest BCUT2D eigenvalue weighted by Crippen LogP contribution is -2.53. The van der Waals surface area contributed by atoms with Gasteiger partial charge in [0.25, 0.3) is 11.6 Å². The third-order valence-corrected chi connectivity index (χ3v) is 13.2. The Morgan fingerprint density at radius 2 is 1.25 bits per heavy atom. The van der Waals surface area contributed by atoms with Crippen LogP contribution < -0.4 is 9.13 Å². The summed E-state index contributed by atoms with van der Waals surface area (Å²) in [6.07, 6.45) is 11.8. The average Bonchev–Trinajstić information content (AvgIpc) is 3.93. The van der Waals surface area contributed by atoms with Gasteiger partial charge in [0.2, 0.25) is 0 Å². The first-order chi connectivity index (χ1) is 28.5. The molecular weight excluding hydrogens is 721 g/mol. The predicted octanol–water partition coefficient (Wildman–Crippen LogP) is 13.2. The third-order valence-electron chi connectivity index (χ3n) is 13.2. The van der Waals surface area contributed by atoms with E-state index in [1.165, 1.54) is 83.9 Å². The van der Waals surface area contributed by atoms with Gasteiger partial charge in [-0.1, -0.05) is 134 Å². The molecule has 1 aliphatic carbocycles. The average molecular weight is 777 g/mol. The van der Waals surface area contributed by atoms with E-state index >= 15 is 0 Å². The van der Waals surface area contributed by atoms with Crippen molar-refractivity contribution >= 4 is 21.9 Å². The Morgan fingerprint density at radius 1 is 0.610 bits per heavy atom. The van der Waals surface area contributed by atoms with Crippen LogP contribution in [0.1, 0.15) is 124 Å². The Labute approximate surface area is 348 Å². The Morgan fingerprint density at radius 3 is 1.97 bits per heavy atom. The van der Waals surface area contributed by atoms with E-state index in [0.717, 1.165) is 17.7 Å². The number of imidazole rings is 2. The molecule has 10 rings (SSSR count). The number of hydrogen-bond acceptors (Lipinski definition) is 1. The molecule has 0 saturated carbocycles. The van der Waals surface area contributed by atoms with Crippen molar-refractivity contribution in [2.24, 2.45) is 0 Å². The van der Waals surface area contributed by atoms with Gasteiger partial charge in [0.05, 0.1) is 11.1 Å². The fraction of sp³-hybridized carbons (Fsp3) is 0.296. The lowest BCUT2D eigenvalue weighted by Gasteiger charge is -2.38. The van der Waals surface area contributed by atoms with Gasteiger partial charge in [-0.2, -0.15) is 9.13 Å². The second-order valence-corrected chi connectivity index (χ2v) is 18.2. The highest BCUT2D eigenvalue weighted by Crippen LogP contribution is 2.50. The van der Waals surface area contributed by atoms with Gasteiger partial charge >= 0.3 is 0 Å². The molecule has 8 aromatic rings. The Bertz CT molecular complexity index is 2940. The summed E-state index contributed by atoms with van der Waals surface area (Å²) in [7, 11) is 0. The zero-order chi connectivity index (χ0) is 40.9. The van der Waals surface area contributed by atoms with Gasteiger partial charge in [-0.05, 0) is 66.0 Å². The summed E-state index contributed by atoms with van der Waals surface area (Å²) in [6.45, 7) is 21.6. The van der Waals surface area contributed by atoms with Crippen LogP contribution in [0.25, 0.3) is 56.1 Å². The monoisotopic (exact) mass is 776 g/mol. The van der Waals surface area contributed by atoms with Gasteiger partial charge < -0.3 is 4.42 Å². The summed E-state index contributed by atoms with van der Waals surface area (Å²) in [6, 6.07) is 36.0. The standard InChI is InChI=1S/C54H56N4O/c1-32(2)38-22-16-23-39(33(3)4)50(38)57-28-27-56-49-37(29-45(49)41-19-12-13-21-43(41)54(56)57)31-55-25-26-58(53(55)40-18-11-10-17-36(40)9)51-44(34(5)6)30-46-42-20-14-15-24-47(42)59-52(46)48(51)35(7)8/h10-30,32-35,45,49H,31H2,1-9H3/q+2. The van der Waals surface area contributed by atoms with Crippen molar-refractivity contribution in [2.45, 2.75) is 104 Å². The second-order valence-electron chi connectivity index (χ2n) is 18.2. The molecule has 0 fully saturated rings. The van der Waals surface area contributed by atoms with Crippen LogP contribution in [0.2, 0.25) is 0 Å². The molecule has 4 heterocycles. The zero-order valence-electron chi connectivity index (χ0n) is 36.0. The second kappa shape index (κ2) is 14.1. The summed E-state index contributed by atoms with van der Waals surface area (Å²) in [4.78, 5) is 0. The van der Waals surface area contributed by atoms with E-state index in [1.807, 2.05) is 0 Å². The molecule has 1 aliphatic heterocycles. The molecule has 0 spiro atoms. The Kier molecular flexibility index (Phi) is 8.93. The number of fused-ring (bicyclic) bond motifs is 9. The summed E-state index contributed by atoms with van der Waals surface area (Å²) in [5.74, 6) is 4.12. The van der Waals surface area contributed by atoms with E-state index in [2.05, 4.69) is 209 Å².